The average Bonchev–Trinajstić information content (AvgIpc) is 3.12. The minimum atomic E-state index is 0.0481. The highest BCUT2D eigenvalue weighted by molar-refractivity contribution is 7.98. The van der Waals surface area contributed by atoms with Crippen molar-refractivity contribution in [1.82, 2.24) is 15.1 Å². The molecule has 0 saturated carbocycles. The zero-order valence-electron chi connectivity index (χ0n) is 15.1. The highest BCUT2D eigenvalue weighted by Crippen LogP contribution is 2.25. The maximum absolute atomic E-state index is 5.90. The topological polar surface area (TPSA) is 42.2 Å². The molecule has 1 atom stereocenters. The molecule has 0 N–H and O–H groups in total. The van der Waals surface area contributed by atoms with E-state index >= 15 is 0 Å². The molecule has 0 radical (unpaired) electrons. The number of rotatable bonds is 6. The van der Waals surface area contributed by atoms with Gasteiger partial charge in [-0.1, -0.05) is 29.8 Å². The van der Waals surface area contributed by atoms with Crippen LogP contribution in [0.3, 0.4) is 0 Å². The van der Waals surface area contributed by atoms with Gasteiger partial charge in [-0.3, -0.25) is 4.90 Å². The van der Waals surface area contributed by atoms with Gasteiger partial charge in [-0.15, -0.1) is 22.0 Å². The molecule has 0 amide bonds. The van der Waals surface area contributed by atoms with Gasteiger partial charge in [0, 0.05) is 17.0 Å². The zero-order valence-corrected chi connectivity index (χ0v) is 15.9. The fourth-order valence-electron chi connectivity index (χ4n) is 2.56. The van der Waals surface area contributed by atoms with Crippen molar-refractivity contribution in [2.45, 2.75) is 31.3 Å². The second kappa shape index (κ2) is 7.85. The van der Waals surface area contributed by atoms with E-state index in [9.17, 15) is 0 Å². The summed E-state index contributed by atoms with van der Waals surface area (Å²) in [5.74, 6) is 1.21. The Balaban J connectivity index is 1.69. The highest BCUT2D eigenvalue weighted by atomic mass is 32.2. The second-order valence-corrected chi connectivity index (χ2v) is 7.13. The first-order chi connectivity index (χ1) is 12.1. The van der Waals surface area contributed by atoms with E-state index in [1.54, 1.807) is 11.8 Å². The summed E-state index contributed by atoms with van der Waals surface area (Å²) in [5.41, 5.74) is 3.43. The summed E-state index contributed by atoms with van der Waals surface area (Å²) in [6.07, 6.45) is 2.09. The van der Waals surface area contributed by atoms with Gasteiger partial charge < -0.3 is 4.42 Å². The number of thioether (sulfide) groups is 1. The first-order valence-electron chi connectivity index (χ1n) is 8.30. The number of hydrogen-bond acceptors (Lipinski definition) is 5. The van der Waals surface area contributed by atoms with Gasteiger partial charge in [0.1, 0.15) is 0 Å². The van der Waals surface area contributed by atoms with Crippen LogP contribution in [0.5, 0.6) is 0 Å². The van der Waals surface area contributed by atoms with Crippen LogP contribution in [-0.4, -0.2) is 28.4 Å². The minimum Gasteiger partial charge on any atom is -0.419 e. The van der Waals surface area contributed by atoms with Crippen LogP contribution in [0.1, 0.15) is 30.0 Å². The average molecular weight is 353 g/mol. The van der Waals surface area contributed by atoms with Gasteiger partial charge in [-0.2, -0.15) is 0 Å². The van der Waals surface area contributed by atoms with Gasteiger partial charge in [0.2, 0.25) is 11.8 Å². The maximum Gasteiger partial charge on any atom is 0.247 e. The lowest BCUT2D eigenvalue weighted by molar-refractivity contribution is 0.218. The smallest absolute Gasteiger partial charge is 0.247 e. The van der Waals surface area contributed by atoms with Gasteiger partial charge in [0.05, 0.1) is 6.04 Å². The Labute approximate surface area is 153 Å². The molecular weight excluding hydrogens is 330 g/mol. The van der Waals surface area contributed by atoms with E-state index in [0.29, 0.717) is 11.8 Å². The van der Waals surface area contributed by atoms with E-state index in [-0.39, 0.29) is 6.04 Å². The number of aryl methyl sites for hydroxylation is 1. The zero-order chi connectivity index (χ0) is 17.8. The van der Waals surface area contributed by atoms with Gasteiger partial charge in [0.15, 0.2) is 0 Å². The molecule has 25 heavy (non-hydrogen) atoms. The lowest BCUT2D eigenvalue weighted by atomic mass is 10.1. The Morgan fingerprint density at radius 3 is 2.36 bits per heavy atom. The van der Waals surface area contributed by atoms with E-state index in [0.717, 1.165) is 12.1 Å². The molecule has 0 unspecified atom stereocenters. The van der Waals surface area contributed by atoms with Crippen LogP contribution >= 0.6 is 11.8 Å². The molecule has 1 heterocycles. The van der Waals surface area contributed by atoms with Crippen molar-refractivity contribution in [2.75, 3.05) is 13.3 Å². The summed E-state index contributed by atoms with van der Waals surface area (Å²) in [6.45, 7) is 4.98. The van der Waals surface area contributed by atoms with Crippen LogP contribution in [0.15, 0.2) is 57.8 Å². The molecule has 0 aliphatic carbocycles. The lowest BCUT2D eigenvalue weighted by Gasteiger charge is -2.21. The summed E-state index contributed by atoms with van der Waals surface area (Å²) < 4.78 is 5.90. The van der Waals surface area contributed by atoms with Crippen molar-refractivity contribution >= 4 is 11.8 Å². The molecule has 3 rings (SSSR count). The van der Waals surface area contributed by atoms with E-state index in [1.807, 2.05) is 24.3 Å². The molecule has 1 aromatic heterocycles. The van der Waals surface area contributed by atoms with Gasteiger partial charge in [-0.05, 0) is 57.0 Å². The molecule has 2 aromatic carbocycles. The molecule has 5 heteroatoms. The first-order valence-corrected chi connectivity index (χ1v) is 9.53. The Hall–Kier alpha value is -2.11. The van der Waals surface area contributed by atoms with Crippen molar-refractivity contribution in [3.63, 3.8) is 0 Å². The molecule has 0 spiro atoms. The molecule has 0 bridgehead atoms. The molecule has 0 aliphatic heterocycles. The monoisotopic (exact) mass is 353 g/mol. The van der Waals surface area contributed by atoms with Gasteiger partial charge >= 0.3 is 0 Å². The van der Waals surface area contributed by atoms with Crippen LogP contribution in [-0.2, 0) is 6.54 Å². The summed E-state index contributed by atoms with van der Waals surface area (Å²) in [6, 6.07) is 16.8. The Kier molecular flexibility index (Phi) is 5.56. The number of nitrogens with zero attached hydrogens (tertiary/aromatic N) is 3. The summed E-state index contributed by atoms with van der Waals surface area (Å²) >= 11 is 1.75. The van der Waals surface area contributed by atoms with Crippen molar-refractivity contribution in [3.8, 4) is 11.5 Å². The molecule has 0 saturated heterocycles. The number of aromatic nitrogens is 2. The Bertz CT molecular complexity index is 812. The Morgan fingerprint density at radius 2 is 1.72 bits per heavy atom. The van der Waals surface area contributed by atoms with Crippen molar-refractivity contribution < 1.29 is 4.42 Å². The van der Waals surface area contributed by atoms with Crippen LogP contribution in [0, 0.1) is 6.92 Å². The van der Waals surface area contributed by atoms with Gasteiger partial charge in [0.25, 0.3) is 0 Å². The second-order valence-electron chi connectivity index (χ2n) is 6.25. The normalized spacial score (nSPS) is 12.5. The van der Waals surface area contributed by atoms with Crippen LogP contribution < -0.4 is 0 Å². The third-order valence-corrected chi connectivity index (χ3v) is 5.09. The molecule has 0 aliphatic rings. The van der Waals surface area contributed by atoms with Crippen molar-refractivity contribution in [1.29, 1.82) is 0 Å². The molecule has 130 valence electrons. The van der Waals surface area contributed by atoms with E-state index < -0.39 is 0 Å². The fraction of sp³-hybridized carbons (Fsp3) is 0.300. The van der Waals surface area contributed by atoms with E-state index in [1.165, 1.54) is 16.0 Å². The summed E-state index contributed by atoms with van der Waals surface area (Å²) in [7, 11) is 2.07. The van der Waals surface area contributed by atoms with Crippen LogP contribution in [0.25, 0.3) is 11.5 Å². The minimum absolute atomic E-state index is 0.0481. The summed E-state index contributed by atoms with van der Waals surface area (Å²) in [5, 5.41) is 8.45. The molecular formula is C20H23N3OS. The van der Waals surface area contributed by atoms with E-state index in [4.69, 9.17) is 4.42 Å². The third-order valence-electron chi connectivity index (χ3n) is 4.35. The SMILES string of the molecule is CSc1ccc(CN(C)[C@@H](C)c2nnc(-c3ccc(C)cc3)o2)cc1. The van der Waals surface area contributed by atoms with Crippen LogP contribution in [0.2, 0.25) is 0 Å². The van der Waals surface area contributed by atoms with E-state index in [2.05, 4.69) is 66.5 Å². The fourth-order valence-corrected chi connectivity index (χ4v) is 2.97. The standard InChI is InChI=1S/C20H23N3OS/c1-14-5-9-17(10-6-14)20-22-21-19(24-20)15(2)23(3)13-16-7-11-18(25-4)12-8-16/h5-12,15H,13H2,1-4H3/t15-/m0/s1. The highest BCUT2D eigenvalue weighted by Gasteiger charge is 2.19. The van der Waals surface area contributed by atoms with Crippen molar-refractivity contribution in [3.05, 3.63) is 65.5 Å². The Morgan fingerprint density at radius 1 is 1.04 bits per heavy atom. The first kappa shape index (κ1) is 17.7. The third kappa shape index (κ3) is 4.30. The maximum atomic E-state index is 5.90. The predicted molar refractivity (Wildman–Crippen MR) is 103 cm³/mol. The predicted octanol–water partition coefficient (Wildman–Crippen LogP) is 4.96. The summed E-state index contributed by atoms with van der Waals surface area (Å²) in [4.78, 5) is 3.49. The largest absolute Gasteiger partial charge is 0.419 e. The van der Waals surface area contributed by atoms with Crippen LogP contribution in [0.4, 0.5) is 0 Å². The quantitative estimate of drug-likeness (QED) is 0.586. The molecule has 0 fully saturated rings. The number of benzene rings is 2. The molecule has 4 nitrogen and oxygen atoms in total. The molecule has 3 aromatic rings. The van der Waals surface area contributed by atoms with Gasteiger partial charge in [-0.25, -0.2) is 0 Å². The number of hydrogen-bond donors (Lipinski definition) is 0. The lowest BCUT2D eigenvalue weighted by Crippen LogP contribution is -2.22. The van der Waals surface area contributed by atoms with Crippen molar-refractivity contribution in [2.24, 2.45) is 0 Å².